The summed E-state index contributed by atoms with van der Waals surface area (Å²) >= 11 is 1.31. The van der Waals surface area contributed by atoms with Crippen molar-refractivity contribution in [2.24, 2.45) is 0 Å². The lowest BCUT2D eigenvalue weighted by Gasteiger charge is -2.22. The summed E-state index contributed by atoms with van der Waals surface area (Å²) in [5, 5.41) is 1.17. The number of thiazole rings is 1. The number of sulfone groups is 1. The van der Waals surface area contributed by atoms with Crippen LogP contribution in [-0.4, -0.2) is 30.8 Å². The molecule has 1 heterocycles. The summed E-state index contributed by atoms with van der Waals surface area (Å²) in [5.74, 6) is -0.502. The number of rotatable bonds is 4. The number of aryl methyl sites for hydroxylation is 1. The molecule has 0 N–H and O–H groups in total. The molecule has 2 aromatic rings. The van der Waals surface area contributed by atoms with Crippen LogP contribution in [0.3, 0.4) is 0 Å². The molecule has 0 fully saturated rings. The first-order chi connectivity index (χ1) is 9.80. The molecular formula is C14H16N2O3S2. The summed E-state index contributed by atoms with van der Waals surface area (Å²) < 4.78 is 23.4. The first kappa shape index (κ1) is 15.7. The Labute approximate surface area is 128 Å². The Kier molecular flexibility index (Phi) is 4.43. The molecule has 1 aromatic heterocycles. The molecule has 1 aromatic carbocycles. The average Bonchev–Trinajstić information content (AvgIpc) is 2.84. The van der Waals surface area contributed by atoms with Gasteiger partial charge in [0, 0.05) is 11.6 Å². The minimum atomic E-state index is -3.47. The fraction of sp³-hybridized carbons (Fsp3) is 0.286. The summed E-state index contributed by atoms with van der Waals surface area (Å²) in [4.78, 5) is 18.3. The van der Waals surface area contributed by atoms with E-state index in [0.29, 0.717) is 10.8 Å². The first-order valence-corrected chi connectivity index (χ1v) is 9.14. The van der Waals surface area contributed by atoms with E-state index in [-0.39, 0.29) is 0 Å². The molecule has 2 rings (SSSR count). The van der Waals surface area contributed by atoms with Gasteiger partial charge in [0.05, 0.1) is 11.4 Å². The summed E-state index contributed by atoms with van der Waals surface area (Å²) in [6.07, 6.45) is 1.06. The van der Waals surface area contributed by atoms with E-state index in [1.54, 1.807) is 24.3 Å². The Bertz CT molecular complexity index is 739. The Balaban J connectivity index is 2.49. The molecule has 112 valence electrons. The van der Waals surface area contributed by atoms with Gasteiger partial charge in [-0.15, -0.1) is 11.3 Å². The maximum Gasteiger partial charge on any atom is 0.251 e. The van der Waals surface area contributed by atoms with Gasteiger partial charge in [0.15, 0.2) is 15.0 Å². The zero-order valence-electron chi connectivity index (χ0n) is 12.0. The van der Waals surface area contributed by atoms with Crippen molar-refractivity contribution in [2.75, 3.05) is 11.2 Å². The predicted molar refractivity (Wildman–Crippen MR) is 84.7 cm³/mol. The lowest BCUT2D eigenvalue weighted by molar-refractivity contribution is -0.117. The topological polar surface area (TPSA) is 67.3 Å². The number of benzene rings is 1. The second kappa shape index (κ2) is 5.95. The van der Waals surface area contributed by atoms with Crippen molar-refractivity contribution >= 4 is 37.9 Å². The lowest BCUT2D eigenvalue weighted by atomic mass is 10.3. The molecule has 0 bridgehead atoms. The molecule has 21 heavy (non-hydrogen) atoms. The second-order valence-corrected chi connectivity index (χ2v) is 7.96. The third kappa shape index (κ3) is 3.48. The maximum absolute atomic E-state index is 12.6. The number of hydrogen-bond donors (Lipinski definition) is 0. The number of aromatic nitrogens is 1. The highest BCUT2D eigenvalue weighted by Gasteiger charge is 2.31. The third-order valence-corrected chi connectivity index (χ3v) is 5.45. The lowest BCUT2D eigenvalue weighted by Crippen LogP contribution is -2.38. The van der Waals surface area contributed by atoms with Gasteiger partial charge in [0.2, 0.25) is 0 Å². The van der Waals surface area contributed by atoms with Gasteiger partial charge in [-0.25, -0.2) is 13.4 Å². The van der Waals surface area contributed by atoms with E-state index in [4.69, 9.17) is 0 Å². The number of nitrogens with zero attached hydrogens (tertiary/aromatic N) is 2. The summed E-state index contributed by atoms with van der Waals surface area (Å²) in [6, 6.07) is 8.93. The standard InChI is InChI=1S/C14H16N2O3S2/c1-10-9-20-14(15-10)16(12-7-5-4-6-8-12)13(17)11(2)21(3,18)19/h4-9,11H,1-3H3. The molecule has 0 aliphatic rings. The van der Waals surface area contributed by atoms with Crippen LogP contribution in [0.15, 0.2) is 35.7 Å². The molecule has 0 aliphatic heterocycles. The number of carbonyl (C=O) groups is 1. The van der Waals surface area contributed by atoms with Crippen LogP contribution in [0.25, 0.3) is 0 Å². The van der Waals surface area contributed by atoms with E-state index >= 15 is 0 Å². The van der Waals surface area contributed by atoms with E-state index in [9.17, 15) is 13.2 Å². The van der Waals surface area contributed by atoms with Gasteiger partial charge in [-0.05, 0) is 26.0 Å². The highest BCUT2D eigenvalue weighted by atomic mass is 32.2. The van der Waals surface area contributed by atoms with Crippen LogP contribution in [0.1, 0.15) is 12.6 Å². The van der Waals surface area contributed by atoms with Crippen molar-refractivity contribution in [3.05, 3.63) is 41.4 Å². The maximum atomic E-state index is 12.6. The zero-order valence-corrected chi connectivity index (χ0v) is 13.6. The average molecular weight is 324 g/mol. The molecule has 0 spiro atoms. The molecule has 1 unspecified atom stereocenters. The fourth-order valence-corrected chi connectivity index (χ4v) is 3.02. The van der Waals surface area contributed by atoms with Crippen molar-refractivity contribution in [1.29, 1.82) is 0 Å². The second-order valence-electron chi connectivity index (χ2n) is 4.75. The van der Waals surface area contributed by atoms with E-state index < -0.39 is 21.0 Å². The summed E-state index contributed by atoms with van der Waals surface area (Å²) in [5.41, 5.74) is 1.39. The van der Waals surface area contributed by atoms with Gasteiger partial charge in [-0.1, -0.05) is 18.2 Å². The molecular weight excluding hydrogens is 308 g/mol. The van der Waals surface area contributed by atoms with Crippen molar-refractivity contribution in [1.82, 2.24) is 4.98 Å². The van der Waals surface area contributed by atoms with Crippen LogP contribution < -0.4 is 4.90 Å². The smallest absolute Gasteiger partial charge is 0.251 e. The highest BCUT2D eigenvalue weighted by molar-refractivity contribution is 7.92. The predicted octanol–water partition coefficient (Wildman–Crippen LogP) is 2.55. The number of para-hydroxylation sites is 1. The van der Waals surface area contributed by atoms with Crippen molar-refractivity contribution in [2.45, 2.75) is 19.1 Å². The van der Waals surface area contributed by atoms with Crippen LogP contribution in [0.4, 0.5) is 10.8 Å². The Hall–Kier alpha value is -1.73. The van der Waals surface area contributed by atoms with Gasteiger partial charge in [0.25, 0.3) is 5.91 Å². The normalized spacial score (nSPS) is 12.9. The molecule has 0 saturated heterocycles. The van der Waals surface area contributed by atoms with Crippen molar-refractivity contribution in [3.8, 4) is 0 Å². The van der Waals surface area contributed by atoms with Gasteiger partial charge in [-0.3, -0.25) is 9.69 Å². The van der Waals surface area contributed by atoms with Crippen LogP contribution in [0.5, 0.6) is 0 Å². The van der Waals surface area contributed by atoms with E-state index in [0.717, 1.165) is 11.9 Å². The summed E-state index contributed by atoms with van der Waals surface area (Å²) in [7, 11) is -3.47. The van der Waals surface area contributed by atoms with E-state index in [1.165, 1.54) is 23.2 Å². The number of carbonyl (C=O) groups excluding carboxylic acids is 1. The molecule has 5 nitrogen and oxygen atoms in total. The van der Waals surface area contributed by atoms with Crippen molar-refractivity contribution < 1.29 is 13.2 Å². The number of anilines is 2. The Morgan fingerprint density at radius 2 is 1.90 bits per heavy atom. The molecule has 0 aliphatic carbocycles. The highest BCUT2D eigenvalue weighted by Crippen LogP contribution is 2.29. The molecule has 0 saturated carbocycles. The van der Waals surface area contributed by atoms with Crippen LogP contribution in [0, 0.1) is 6.92 Å². The molecule has 1 atom stereocenters. The number of hydrogen-bond acceptors (Lipinski definition) is 5. The minimum Gasteiger partial charge on any atom is -0.273 e. The van der Waals surface area contributed by atoms with Gasteiger partial charge < -0.3 is 0 Å². The Morgan fingerprint density at radius 1 is 1.29 bits per heavy atom. The van der Waals surface area contributed by atoms with Crippen LogP contribution in [0.2, 0.25) is 0 Å². The van der Waals surface area contributed by atoms with Gasteiger partial charge in [-0.2, -0.15) is 0 Å². The van der Waals surface area contributed by atoms with Crippen LogP contribution in [-0.2, 0) is 14.6 Å². The molecule has 7 heteroatoms. The third-order valence-electron chi connectivity index (χ3n) is 3.02. The molecule has 1 amide bonds. The summed E-state index contributed by atoms with van der Waals surface area (Å²) in [6.45, 7) is 3.22. The minimum absolute atomic E-state index is 0.471. The van der Waals surface area contributed by atoms with Gasteiger partial charge >= 0.3 is 0 Å². The van der Waals surface area contributed by atoms with E-state index in [1.807, 2.05) is 18.4 Å². The van der Waals surface area contributed by atoms with Crippen LogP contribution >= 0.6 is 11.3 Å². The quantitative estimate of drug-likeness (QED) is 0.867. The van der Waals surface area contributed by atoms with Gasteiger partial charge in [0.1, 0.15) is 5.25 Å². The van der Waals surface area contributed by atoms with E-state index in [2.05, 4.69) is 4.98 Å². The fourth-order valence-electron chi connectivity index (χ4n) is 1.72. The zero-order chi connectivity index (χ0) is 15.6. The largest absolute Gasteiger partial charge is 0.273 e. The number of amides is 1. The first-order valence-electron chi connectivity index (χ1n) is 6.30. The monoisotopic (exact) mass is 324 g/mol. The SMILES string of the molecule is Cc1csc(N(C(=O)C(C)S(C)(=O)=O)c2ccccc2)n1. The molecule has 0 radical (unpaired) electrons. The Morgan fingerprint density at radius 3 is 2.38 bits per heavy atom. The van der Waals surface area contributed by atoms with Crippen molar-refractivity contribution in [3.63, 3.8) is 0 Å².